The molecule has 5 aromatic rings. The lowest BCUT2D eigenvalue weighted by Gasteiger charge is -2.21. The Morgan fingerprint density at radius 3 is 2.24 bits per heavy atom. The fourth-order valence-electron chi connectivity index (χ4n) is 3.83. The third-order valence-electron chi connectivity index (χ3n) is 5.44. The number of carboxylic acid groups (broad SMARTS) is 1. The van der Waals surface area contributed by atoms with Crippen LogP contribution in [0.5, 0.6) is 0 Å². The molecule has 3 aromatic carbocycles. The van der Waals surface area contributed by atoms with Crippen molar-refractivity contribution in [2.24, 2.45) is 0 Å². The number of thiazole rings is 1. The molecule has 0 aliphatic heterocycles. The lowest BCUT2D eigenvalue weighted by molar-refractivity contribution is 0.0696. The number of rotatable bonds is 8. The Morgan fingerprint density at radius 1 is 0.824 bits per heavy atom. The molecular weight excluding hydrogens is 460 g/mol. The van der Waals surface area contributed by atoms with Crippen LogP contribution in [-0.4, -0.2) is 16.1 Å². The van der Waals surface area contributed by atoms with Gasteiger partial charge in [0.2, 0.25) is 0 Å². The van der Waals surface area contributed by atoms with Crippen molar-refractivity contribution in [3.63, 3.8) is 0 Å². The van der Waals surface area contributed by atoms with Crippen LogP contribution >= 0.6 is 22.7 Å². The molecular formula is C28H22N2O2S2. The molecule has 0 aliphatic carbocycles. The quantitative estimate of drug-likeness (QED) is 0.250. The highest BCUT2D eigenvalue weighted by Gasteiger charge is 2.20. The van der Waals surface area contributed by atoms with Gasteiger partial charge in [-0.3, -0.25) is 0 Å². The van der Waals surface area contributed by atoms with Crippen LogP contribution in [-0.2, 0) is 13.1 Å². The van der Waals surface area contributed by atoms with Gasteiger partial charge in [-0.25, -0.2) is 9.78 Å². The van der Waals surface area contributed by atoms with Crippen molar-refractivity contribution >= 4 is 33.8 Å². The van der Waals surface area contributed by atoms with E-state index in [1.807, 2.05) is 42.5 Å². The van der Waals surface area contributed by atoms with Crippen LogP contribution in [0.25, 0.3) is 21.7 Å². The minimum absolute atomic E-state index is 0.294. The number of anilines is 1. The molecule has 1 N–H and O–H groups in total. The predicted octanol–water partition coefficient (Wildman–Crippen LogP) is 7.44. The second kappa shape index (κ2) is 10.0. The van der Waals surface area contributed by atoms with Crippen LogP contribution in [0.2, 0.25) is 0 Å². The first kappa shape index (κ1) is 22.1. The lowest BCUT2D eigenvalue weighted by atomic mass is 10.1. The van der Waals surface area contributed by atoms with Gasteiger partial charge >= 0.3 is 5.97 Å². The molecule has 34 heavy (non-hydrogen) atoms. The molecule has 168 valence electrons. The molecule has 0 aliphatic rings. The first-order valence-electron chi connectivity index (χ1n) is 10.9. The van der Waals surface area contributed by atoms with E-state index in [0.717, 1.165) is 32.4 Å². The maximum atomic E-state index is 11.5. The number of carboxylic acids is 1. The van der Waals surface area contributed by atoms with Crippen molar-refractivity contribution in [2.45, 2.75) is 13.1 Å². The normalized spacial score (nSPS) is 10.8. The van der Waals surface area contributed by atoms with Gasteiger partial charge in [-0.05, 0) is 34.7 Å². The van der Waals surface area contributed by atoms with Crippen LogP contribution < -0.4 is 4.90 Å². The number of benzene rings is 3. The second-order valence-electron chi connectivity index (χ2n) is 7.85. The summed E-state index contributed by atoms with van der Waals surface area (Å²) in [7, 11) is 0. The summed E-state index contributed by atoms with van der Waals surface area (Å²) in [5, 5.41) is 12.4. The van der Waals surface area contributed by atoms with E-state index in [2.05, 4.69) is 46.7 Å². The number of hydrogen-bond acceptors (Lipinski definition) is 5. The van der Waals surface area contributed by atoms with Crippen molar-refractivity contribution in [1.82, 2.24) is 4.98 Å². The van der Waals surface area contributed by atoms with Gasteiger partial charge in [0.1, 0.15) is 0 Å². The molecule has 0 fully saturated rings. The van der Waals surface area contributed by atoms with E-state index in [1.165, 1.54) is 4.88 Å². The average molecular weight is 483 g/mol. The second-order valence-corrected chi connectivity index (χ2v) is 9.86. The maximum Gasteiger partial charge on any atom is 0.335 e. The van der Waals surface area contributed by atoms with E-state index < -0.39 is 5.97 Å². The minimum Gasteiger partial charge on any atom is -0.478 e. The Kier molecular flexibility index (Phi) is 6.51. The van der Waals surface area contributed by atoms with E-state index in [-0.39, 0.29) is 0 Å². The van der Waals surface area contributed by atoms with Crippen molar-refractivity contribution in [2.75, 3.05) is 4.90 Å². The van der Waals surface area contributed by atoms with Crippen LogP contribution in [0.3, 0.4) is 0 Å². The van der Waals surface area contributed by atoms with E-state index in [4.69, 9.17) is 4.98 Å². The summed E-state index contributed by atoms with van der Waals surface area (Å²) in [6.07, 6.45) is 0. The van der Waals surface area contributed by atoms with Crippen molar-refractivity contribution < 1.29 is 9.90 Å². The Hall–Kier alpha value is -3.74. The Labute approximate surface area is 206 Å². The molecule has 0 amide bonds. The zero-order chi connectivity index (χ0) is 23.3. The zero-order valence-corrected chi connectivity index (χ0v) is 19.9. The number of aromatic nitrogens is 1. The van der Waals surface area contributed by atoms with Gasteiger partial charge in [0.15, 0.2) is 5.13 Å². The van der Waals surface area contributed by atoms with Gasteiger partial charge in [0.05, 0.1) is 22.7 Å². The number of carbonyl (C=O) groups is 1. The summed E-state index contributed by atoms with van der Waals surface area (Å²) in [6.45, 7) is 1.26. The highest BCUT2D eigenvalue weighted by Crippen LogP contribution is 2.41. The Morgan fingerprint density at radius 2 is 1.56 bits per heavy atom. The topological polar surface area (TPSA) is 53.4 Å². The summed E-state index contributed by atoms with van der Waals surface area (Å²) in [4.78, 5) is 21.2. The molecule has 0 saturated heterocycles. The average Bonchev–Trinajstić information content (AvgIpc) is 3.55. The molecule has 6 heteroatoms. The monoisotopic (exact) mass is 482 g/mol. The van der Waals surface area contributed by atoms with Crippen LogP contribution in [0.1, 0.15) is 20.8 Å². The molecule has 0 saturated carbocycles. The van der Waals surface area contributed by atoms with Crippen LogP contribution in [0.4, 0.5) is 5.13 Å². The molecule has 0 spiro atoms. The minimum atomic E-state index is -0.918. The highest BCUT2D eigenvalue weighted by molar-refractivity contribution is 7.19. The number of hydrogen-bond donors (Lipinski definition) is 1. The fraction of sp³-hybridized carbons (Fsp3) is 0.0714. The maximum absolute atomic E-state index is 11.5. The van der Waals surface area contributed by atoms with Gasteiger partial charge < -0.3 is 10.0 Å². The Balaban J connectivity index is 1.58. The first-order chi connectivity index (χ1) is 16.7. The van der Waals surface area contributed by atoms with Crippen molar-refractivity contribution in [3.05, 3.63) is 118 Å². The first-order valence-corrected chi connectivity index (χ1v) is 12.6. The highest BCUT2D eigenvalue weighted by atomic mass is 32.1. The lowest BCUT2D eigenvalue weighted by Crippen LogP contribution is -2.21. The molecule has 2 heterocycles. The third kappa shape index (κ3) is 4.93. The molecule has 0 unspecified atom stereocenters. The third-order valence-corrected chi connectivity index (χ3v) is 7.47. The Bertz CT molecular complexity index is 1320. The smallest absolute Gasteiger partial charge is 0.335 e. The summed E-state index contributed by atoms with van der Waals surface area (Å²) in [5.74, 6) is -0.918. The van der Waals surface area contributed by atoms with E-state index in [1.54, 1.807) is 40.9 Å². The van der Waals surface area contributed by atoms with Gasteiger partial charge in [0, 0.05) is 17.0 Å². The predicted molar refractivity (Wildman–Crippen MR) is 141 cm³/mol. The molecule has 0 bridgehead atoms. The zero-order valence-electron chi connectivity index (χ0n) is 18.3. The largest absolute Gasteiger partial charge is 0.478 e. The van der Waals surface area contributed by atoms with Crippen molar-refractivity contribution in [1.29, 1.82) is 0 Å². The molecule has 0 radical (unpaired) electrons. The SMILES string of the molecule is O=C(O)c1cccc(CN(Cc2cccs2)c2nc(-c3ccccc3)c(-c3ccccc3)s2)c1. The molecule has 4 nitrogen and oxygen atoms in total. The number of aromatic carboxylic acids is 1. The van der Waals surface area contributed by atoms with Crippen LogP contribution in [0.15, 0.2) is 102 Å². The van der Waals surface area contributed by atoms with Crippen molar-refractivity contribution in [3.8, 4) is 21.7 Å². The van der Waals surface area contributed by atoms with Gasteiger partial charge in [-0.15, -0.1) is 11.3 Å². The molecule has 0 atom stereocenters. The summed E-state index contributed by atoms with van der Waals surface area (Å²) in [6, 6.07) is 31.9. The van der Waals surface area contributed by atoms with E-state index in [9.17, 15) is 9.90 Å². The number of nitrogens with zero attached hydrogens (tertiary/aromatic N) is 2. The van der Waals surface area contributed by atoms with Gasteiger partial charge in [-0.2, -0.15) is 0 Å². The molecule has 5 rings (SSSR count). The van der Waals surface area contributed by atoms with Crippen LogP contribution in [0, 0.1) is 0 Å². The van der Waals surface area contributed by atoms with Gasteiger partial charge in [-0.1, -0.05) is 90.2 Å². The number of thiophene rings is 1. The summed E-state index contributed by atoms with van der Waals surface area (Å²) < 4.78 is 0. The fourth-order valence-corrected chi connectivity index (χ4v) is 5.64. The van der Waals surface area contributed by atoms with E-state index in [0.29, 0.717) is 18.7 Å². The van der Waals surface area contributed by atoms with E-state index >= 15 is 0 Å². The molecule has 2 aromatic heterocycles. The van der Waals surface area contributed by atoms with Gasteiger partial charge in [0.25, 0.3) is 0 Å². The summed E-state index contributed by atoms with van der Waals surface area (Å²) >= 11 is 3.38. The standard InChI is InChI=1S/C28H22N2O2S2/c31-27(32)23-14-7-9-20(17-23)18-30(19-24-15-8-16-33-24)28-29-25(21-10-3-1-4-11-21)26(34-28)22-12-5-2-6-13-22/h1-17H,18-19H2,(H,31,32). The summed E-state index contributed by atoms with van der Waals surface area (Å²) in [5.41, 5.74) is 4.40.